The van der Waals surface area contributed by atoms with Crippen molar-refractivity contribution in [2.75, 3.05) is 7.11 Å². The van der Waals surface area contributed by atoms with E-state index in [1.165, 1.54) is 0 Å². The summed E-state index contributed by atoms with van der Waals surface area (Å²) in [6.45, 7) is 0. The summed E-state index contributed by atoms with van der Waals surface area (Å²) in [6, 6.07) is 0. The Bertz CT molecular complexity index is 483. The third kappa shape index (κ3) is 2.45. The fourth-order valence-electron chi connectivity index (χ4n) is 1.10. The number of methoxy groups -OCH3 is 1. The lowest BCUT2D eigenvalue weighted by Crippen LogP contribution is -2.08. The van der Waals surface area contributed by atoms with Crippen LogP contribution in [0.15, 0.2) is 0 Å². The van der Waals surface area contributed by atoms with Gasteiger partial charge in [0.2, 0.25) is 0 Å². The van der Waals surface area contributed by atoms with Gasteiger partial charge in [0.05, 0.1) is 38.3 Å². The number of ether oxygens (including phenoxy) is 1. The second-order valence-electron chi connectivity index (χ2n) is 2.80. The van der Waals surface area contributed by atoms with Crippen LogP contribution in [0.5, 0.6) is 0 Å². The monoisotopic (exact) mass is 316 g/mol. The standard InChI is InChI=1S/C9H4Cl4O4/c1-17-9(16)3-6(12)4(10)2(8(14)15)5(11)7(3)13/h1H3,(H,14,15). The molecule has 0 unspecified atom stereocenters. The summed E-state index contributed by atoms with van der Waals surface area (Å²) < 4.78 is 4.44. The van der Waals surface area contributed by atoms with E-state index in [9.17, 15) is 9.59 Å². The maximum absolute atomic E-state index is 11.4. The fraction of sp³-hybridized carbons (Fsp3) is 0.111. The molecule has 1 aromatic rings. The summed E-state index contributed by atoms with van der Waals surface area (Å²) in [6.07, 6.45) is 0. The molecule has 0 fully saturated rings. The van der Waals surface area contributed by atoms with E-state index in [4.69, 9.17) is 51.5 Å². The van der Waals surface area contributed by atoms with Crippen molar-refractivity contribution in [3.05, 3.63) is 31.2 Å². The summed E-state index contributed by atoms with van der Waals surface area (Å²) in [4.78, 5) is 22.3. The van der Waals surface area contributed by atoms with Crippen molar-refractivity contribution >= 4 is 58.3 Å². The van der Waals surface area contributed by atoms with Crippen molar-refractivity contribution in [3.8, 4) is 0 Å². The molecule has 0 heterocycles. The molecule has 0 saturated carbocycles. The van der Waals surface area contributed by atoms with Crippen LogP contribution in [0.1, 0.15) is 20.7 Å². The second kappa shape index (κ2) is 5.31. The summed E-state index contributed by atoms with van der Waals surface area (Å²) in [5, 5.41) is 7.52. The van der Waals surface area contributed by atoms with E-state index in [1.54, 1.807) is 0 Å². The number of hydrogen-bond donors (Lipinski definition) is 1. The number of carboxylic acid groups (broad SMARTS) is 1. The van der Waals surface area contributed by atoms with Gasteiger partial charge >= 0.3 is 11.9 Å². The van der Waals surface area contributed by atoms with E-state index in [-0.39, 0.29) is 25.7 Å². The van der Waals surface area contributed by atoms with Crippen molar-refractivity contribution in [2.24, 2.45) is 0 Å². The van der Waals surface area contributed by atoms with Gasteiger partial charge in [0.1, 0.15) is 0 Å². The molecule has 0 atom stereocenters. The Balaban J connectivity index is 3.70. The summed E-state index contributed by atoms with van der Waals surface area (Å²) in [5.74, 6) is -2.26. The van der Waals surface area contributed by atoms with Crippen LogP contribution in [-0.4, -0.2) is 24.2 Å². The molecule has 0 aliphatic carbocycles. The van der Waals surface area contributed by atoms with Crippen LogP contribution in [0.3, 0.4) is 0 Å². The van der Waals surface area contributed by atoms with Crippen molar-refractivity contribution in [2.45, 2.75) is 0 Å². The van der Waals surface area contributed by atoms with Crippen molar-refractivity contribution < 1.29 is 19.4 Å². The molecular formula is C9H4Cl4O4. The molecule has 0 aromatic heterocycles. The van der Waals surface area contributed by atoms with Crippen molar-refractivity contribution in [1.82, 2.24) is 0 Å². The van der Waals surface area contributed by atoms with E-state index in [2.05, 4.69) is 4.74 Å². The molecule has 17 heavy (non-hydrogen) atoms. The van der Waals surface area contributed by atoms with Crippen LogP contribution < -0.4 is 0 Å². The van der Waals surface area contributed by atoms with Gasteiger partial charge in [0.25, 0.3) is 0 Å². The minimum Gasteiger partial charge on any atom is -0.478 e. The van der Waals surface area contributed by atoms with E-state index < -0.39 is 17.5 Å². The molecule has 0 saturated heterocycles. The minimum atomic E-state index is -1.40. The molecule has 0 amide bonds. The Morgan fingerprint density at radius 2 is 1.29 bits per heavy atom. The van der Waals surface area contributed by atoms with Gasteiger partial charge in [-0.3, -0.25) is 0 Å². The SMILES string of the molecule is COC(=O)c1c(Cl)c(Cl)c(C(=O)O)c(Cl)c1Cl. The topological polar surface area (TPSA) is 63.6 Å². The molecule has 0 radical (unpaired) electrons. The Labute approximate surface area is 116 Å². The zero-order valence-corrected chi connectivity index (χ0v) is 11.2. The smallest absolute Gasteiger partial charge is 0.341 e. The highest BCUT2D eigenvalue weighted by Gasteiger charge is 2.28. The van der Waals surface area contributed by atoms with E-state index in [0.717, 1.165) is 7.11 Å². The van der Waals surface area contributed by atoms with Gasteiger partial charge in [-0.25, -0.2) is 9.59 Å². The molecule has 1 rings (SSSR count). The van der Waals surface area contributed by atoms with Gasteiger partial charge in [0.15, 0.2) is 0 Å². The quantitative estimate of drug-likeness (QED) is 0.666. The van der Waals surface area contributed by atoms with Gasteiger partial charge in [-0.2, -0.15) is 0 Å². The predicted molar refractivity (Wildman–Crippen MR) is 64.8 cm³/mol. The number of hydrogen-bond acceptors (Lipinski definition) is 3. The van der Waals surface area contributed by atoms with Crippen LogP contribution in [0.4, 0.5) is 0 Å². The van der Waals surface area contributed by atoms with Gasteiger partial charge in [-0.15, -0.1) is 0 Å². The molecule has 0 aliphatic rings. The maximum Gasteiger partial charge on any atom is 0.341 e. The molecule has 0 spiro atoms. The normalized spacial score (nSPS) is 10.2. The van der Waals surface area contributed by atoms with E-state index in [0.29, 0.717) is 0 Å². The van der Waals surface area contributed by atoms with Gasteiger partial charge in [0, 0.05) is 0 Å². The average Bonchev–Trinajstić information content (AvgIpc) is 2.26. The van der Waals surface area contributed by atoms with Crippen LogP contribution >= 0.6 is 46.4 Å². The molecule has 4 nitrogen and oxygen atoms in total. The highest BCUT2D eigenvalue weighted by molar-refractivity contribution is 6.52. The lowest BCUT2D eigenvalue weighted by molar-refractivity contribution is 0.0599. The zero-order chi connectivity index (χ0) is 13.3. The Morgan fingerprint density at radius 3 is 1.59 bits per heavy atom. The Kier molecular flexibility index (Phi) is 4.49. The maximum atomic E-state index is 11.4. The van der Waals surface area contributed by atoms with Crippen LogP contribution in [0.2, 0.25) is 20.1 Å². The number of carbonyl (C=O) groups excluding carboxylic acids is 1. The molecule has 0 bridgehead atoms. The van der Waals surface area contributed by atoms with Crippen molar-refractivity contribution in [1.29, 1.82) is 0 Å². The Hall–Kier alpha value is -0.680. The highest BCUT2D eigenvalue weighted by Crippen LogP contribution is 2.41. The fourth-order valence-corrected chi connectivity index (χ4v) is 2.27. The van der Waals surface area contributed by atoms with Gasteiger partial charge in [-0.05, 0) is 0 Å². The second-order valence-corrected chi connectivity index (χ2v) is 4.31. The predicted octanol–water partition coefficient (Wildman–Crippen LogP) is 3.79. The van der Waals surface area contributed by atoms with Gasteiger partial charge < -0.3 is 9.84 Å². The van der Waals surface area contributed by atoms with Crippen LogP contribution in [0, 0.1) is 0 Å². The van der Waals surface area contributed by atoms with Crippen LogP contribution in [-0.2, 0) is 4.74 Å². The minimum absolute atomic E-state index is 0.268. The number of carboxylic acids is 1. The van der Waals surface area contributed by atoms with Crippen molar-refractivity contribution in [3.63, 3.8) is 0 Å². The first kappa shape index (κ1) is 14.4. The number of benzene rings is 1. The van der Waals surface area contributed by atoms with Gasteiger partial charge in [-0.1, -0.05) is 46.4 Å². The lowest BCUT2D eigenvalue weighted by atomic mass is 10.1. The van der Waals surface area contributed by atoms with Crippen LogP contribution in [0.25, 0.3) is 0 Å². The molecule has 92 valence electrons. The highest BCUT2D eigenvalue weighted by atomic mass is 35.5. The van der Waals surface area contributed by atoms with E-state index >= 15 is 0 Å². The number of rotatable bonds is 2. The third-order valence-electron chi connectivity index (χ3n) is 1.87. The number of esters is 1. The first-order valence-corrected chi connectivity index (χ1v) is 5.51. The largest absolute Gasteiger partial charge is 0.478 e. The molecule has 1 N–H and O–H groups in total. The summed E-state index contributed by atoms with van der Waals surface area (Å²) in [7, 11) is 1.11. The number of halogens is 4. The first-order chi connectivity index (χ1) is 7.82. The lowest BCUT2D eigenvalue weighted by Gasteiger charge is -2.11. The summed E-state index contributed by atoms with van der Waals surface area (Å²) in [5.41, 5.74) is -0.730. The number of carbonyl (C=O) groups is 2. The first-order valence-electron chi connectivity index (χ1n) is 4.00. The molecular weight excluding hydrogens is 314 g/mol. The molecule has 1 aromatic carbocycles. The average molecular weight is 318 g/mol. The van der Waals surface area contributed by atoms with E-state index in [1.807, 2.05) is 0 Å². The third-order valence-corrected chi connectivity index (χ3v) is 3.57. The summed E-state index contributed by atoms with van der Waals surface area (Å²) >= 11 is 22.9. The Morgan fingerprint density at radius 1 is 0.941 bits per heavy atom. The number of aromatic carboxylic acids is 1. The zero-order valence-electron chi connectivity index (χ0n) is 8.18. The molecule has 0 aliphatic heterocycles. The molecule has 8 heteroatoms.